The van der Waals surface area contributed by atoms with Crippen LogP contribution in [0.5, 0.6) is 0 Å². The molecular formula is C20H18ClFN2O3. The first-order chi connectivity index (χ1) is 13.0. The van der Waals surface area contributed by atoms with E-state index in [0.717, 1.165) is 5.56 Å². The van der Waals surface area contributed by atoms with Crippen LogP contribution in [-0.4, -0.2) is 23.3 Å². The summed E-state index contributed by atoms with van der Waals surface area (Å²) < 4.78 is 18.4. The molecule has 0 radical (unpaired) electrons. The molecular weight excluding hydrogens is 371 g/mol. The first-order valence-electron chi connectivity index (χ1n) is 8.34. The van der Waals surface area contributed by atoms with Gasteiger partial charge in [-0.2, -0.15) is 0 Å². The van der Waals surface area contributed by atoms with Gasteiger partial charge in [0.1, 0.15) is 5.82 Å². The van der Waals surface area contributed by atoms with E-state index in [-0.39, 0.29) is 17.0 Å². The molecule has 0 spiro atoms. The lowest BCUT2D eigenvalue weighted by molar-refractivity contribution is -0.140. The maximum absolute atomic E-state index is 13.6. The van der Waals surface area contributed by atoms with E-state index in [1.165, 1.54) is 25.3 Å². The van der Waals surface area contributed by atoms with Crippen LogP contribution >= 0.6 is 11.6 Å². The summed E-state index contributed by atoms with van der Waals surface area (Å²) in [6, 6.07) is 13.8. The number of hydrogen-bond acceptors (Lipinski definition) is 3. The lowest BCUT2D eigenvalue weighted by atomic mass is 9.87. The topological polar surface area (TPSA) is 75.0 Å². The van der Waals surface area contributed by atoms with Crippen molar-refractivity contribution in [2.75, 3.05) is 7.11 Å². The lowest BCUT2D eigenvalue weighted by Crippen LogP contribution is -2.18. The highest BCUT2D eigenvalue weighted by atomic mass is 35.5. The van der Waals surface area contributed by atoms with Crippen molar-refractivity contribution >= 4 is 17.6 Å². The van der Waals surface area contributed by atoms with Crippen LogP contribution in [0.15, 0.2) is 53.3 Å². The number of hydrogen-bond donors (Lipinski definition) is 2. The fourth-order valence-corrected chi connectivity index (χ4v) is 3.27. The first-order valence-corrected chi connectivity index (χ1v) is 8.72. The summed E-state index contributed by atoms with van der Waals surface area (Å²) in [5, 5.41) is 5.41. The van der Waals surface area contributed by atoms with Crippen LogP contribution in [0.4, 0.5) is 4.39 Å². The van der Waals surface area contributed by atoms with Crippen LogP contribution in [0.25, 0.3) is 0 Å². The summed E-state index contributed by atoms with van der Waals surface area (Å²) in [4.78, 5) is 24.5. The van der Waals surface area contributed by atoms with Crippen LogP contribution in [0, 0.1) is 5.82 Å². The molecule has 1 heterocycles. The Labute approximate surface area is 160 Å². The zero-order chi connectivity index (χ0) is 19.4. The van der Waals surface area contributed by atoms with Gasteiger partial charge in [0.25, 0.3) is 5.56 Å². The van der Waals surface area contributed by atoms with Gasteiger partial charge in [0.2, 0.25) is 0 Å². The monoisotopic (exact) mass is 388 g/mol. The highest BCUT2D eigenvalue weighted by Gasteiger charge is 2.26. The molecule has 0 aliphatic rings. The summed E-state index contributed by atoms with van der Waals surface area (Å²) >= 11 is 5.91. The minimum Gasteiger partial charge on any atom is -0.469 e. The molecule has 7 heteroatoms. The molecule has 0 aliphatic carbocycles. The van der Waals surface area contributed by atoms with Gasteiger partial charge in [-0.1, -0.05) is 48.0 Å². The Morgan fingerprint density at radius 3 is 2.59 bits per heavy atom. The second-order valence-electron chi connectivity index (χ2n) is 6.14. The van der Waals surface area contributed by atoms with Gasteiger partial charge < -0.3 is 9.84 Å². The minimum atomic E-state index is -0.621. The molecule has 0 bridgehead atoms. The van der Waals surface area contributed by atoms with Crippen molar-refractivity contribution in [2.45, 2.75) is 18.8 Å². The average Bonchev–Trinajstić information content (AvgIpc) is 3.02. The number of benzene rings is 2. The maximum Gasteiger partial charge on any atom is 0.306 e. The predicted octanol–water partition coefficient (Wildman–Crippen LogP) is 3.78. The molecule has 1 atom stereocenters. The normalized spacial score (nSPS) is 12.0. The number of H-pyrrole nitrogens is 2. The highest BCUT2D eigenvalue weighted by molar-refractivity contribution is 6.30. The van der Waals surface area contributed by atoms with E-state index in [0.29, 0.717) is 23.2 Å². The Balaban J connectivity index is 2.06. The minimum absolute atomic E-state index is 0.0683. The largest absolute Gasteiger partial charge is 0.469 e. The molecule has 0 fully saturated rings. The van der Waals surface area contributed by atoms with Crippen LogP contribution in [0.2, 0.25) is 5.02 Å². The lowest BCUT2D eigenvalue weighted by Gasteiger charge is -2.17. The Kier molecular flexibility index (Phi) is 5.76. The summed E-state index contributed by atoms with van der Waals surface area (Å²) in [6.07, 6.45) is 0.405. The number of aromatic nitrogens is 2. The number of rotatable bonds is 6. The predicted molar refractivity (Wildman–Crippen MR) is 101 cm³/mol. The van der Waals surface area contributed by atoms with Gasteiger partial charge in [-0.15, -0.1) is 0 Å². The summed E-state index contributed by atoms with van der Waals surface area (Å²) in [5.74, 6) is -1.67. The van der Waals surface area contributed by atoms with Crippen molar-refractivity contribution in [3.05, 3.63) is 92.1 Å². The van der Waals surface area contributed by atoms with E-state index in [1.54, 1.807) is 0 Å². The van der Waals surface area contributed by atoms with Gasteiger partial charge in [0, 0.05) is 23.6 Å². The number of aromatic amines is 2. The number of methoxy groups -OCH3 is 1. The summed E-state index contributed by atoms with van der Waals surface area (Å²) in [7, 11) is 1.28. The second-order valence-corrected chi connectivity index (χ2v) is 6.55. The molecule has 1 aromatic heterocycles. The van der Waals surface area contributed by atoms with Crippen molar-refractivity contribution in [1.82, 2.24) is 10.2 Å². The Hall–Kier alpha value is -2.86. The van der Waals surface area contributed by atoms with Crippen LogP contribution in [-0.2, 0) is 16.0 Å². The van der Waals surface area contributed by atoms with E-state index >= 15 is 0 Å². The fraction of sp³-hybridized carbons (Fsp3) is 0.200. The summed E-state index contributed by atoms with van der Waals surface area (Å²) in [5.41, 5.74) is 2.29. The Morgan fingerprint density at radius 2 is 1.93 bits per heavy atom. The third-order valence-electron chi connectivity index (χ3n) is 4.41. The van der Waals surface area contributed by atoms with E-state index in [1.807, 2.05) is 30.3 Å². The first kappa shape index (κ1) is 18.9. The van der Waals surface area contributed by atoms with Crippen molar-refractivity contribution in [3.63, 3.8) is 0 Å². The quantitative estimate of drug-likeness (QED) is 0.631. The Morgan fingerprint density at radius 1 is 1.19 bits per heavy atom. The number of nitrogens with one attached hydrogen (secondary N) is 2. The SMILES string of the molecule is COC(=O)C[C@@H](c1ccc(F)c(Cl)c1)c1c(Cc2ccccc2)[nH][nH]c1=O. The molecule has 140 valence electrons. The molecule has 0 saturated carbocycles. The van der Waals surface area contributed by atoms with Crippen molar-refractivity contribution in [1.29, 1.82) is 0 Å². The fourth-order valence-electron chi connectivity index (χ4n) is 3.08. The number of ether oxygens (including phenoxy) is 1. The maximum atomic E-state index is 13.6. The average molecular weight is 389 g/mol. The van der Waals surface area contributed by atoms with Gasteiger partial charge in [-0.3, -0.25) is 14.7 Å². The van der Waals surface area contributed by atoms with Crippen molar-refractivity contribution in [2.24, 2.45) is 0 Å². The van der Waals surface area contributed by atoms with E-state index in [9.17, 15) is 14.0 Å². The molecule has 2 aromatic carbocycles. The van der Waals surface area contributed by atoms with Gasteiger partial charge in [0.15, 0.2) is 0 Å². The zero-order valence-corrected chi connectivity index (χ0v) is 15.3. The third kappa shape index (κ3) is 4.28. The molecule has 0 unspecified atom stereocenters. The molecule has 27 heavy (non-hydrogen) atoms. The Bertz CT molecular complexity index is 998. The van der Waals surface area contributed by atoms with Crippen LogP contribution < -0.4 is 5.56 Å². The van der Waals surface area contributed by atoms with E-state index in [4.69, 9.17) is 16.3 Å². The number of halogens is 2. The molecule has 3 aromatic rings. The number of carbonyl (C=O) groups is 1. The molecule has 2 N–H and O–H groups in total. The van der Waals surface area contributed by atoms with E-state index < -0.39 is 17.7 Å². The zero-order valence-electron chi connectivity index (χ0n) is 14.6. The van der Waals surface area contributed by atoms with Crippen molar-refractivity contribution in [3.8, 4) is 0 Å². The summed E-state index contributed by atoms with van der Waals surface area (Å²) in [6.45, 7) is 0. The number of esters is 1. The van der Waals surface area contributed by atoms with Gasteiger partial charge in [-0.25, -0.2) is 4.39 Å². The standard InChI is InChI=1S/C20H18ClFN2O3/c1-27-18(25)11-14(13-7-8-16(22)15(21)10-13)19-17(23-24-20(19)26)9-12-5-3-2-4-6-12/h2-8,10,14H,9,11H2,1H3,(H2,23,24,26)/t14-/m0/s1. The molecule has 0 aliphatic heterocycles. The van der Waals surface area contributed by atoms with Gasteiger partial charge in [0.05, 0.1) is 18.6 Å². The van der Waals surface area contributed by atoms with Gasteiger partial charge in [-0.05, 0) is 23.3 Å². The van der Waals surface area contributed by atoms with E-state index in [2.05, 4.69) is 10.2 Å². The van der Waals surface area contributed by atoms with Gasteiger partial charge >= 0.3 is 5.97 Å². The molecule has 0 amide bonds. The number of carbonyl (C=O) groups excluding carboxylic acids is 1. The molecule has 3 rings (SSSR count). The molecule has 0 saturated heterocycles. The highest BCUT2D eigenvalue weighted by Crippen LogP contribution is 2.31. The van der Waals surface area contributed by atoms with Crippen LogP contribution in [0.1, 0.15) is 34.7 Å². The smallest absolute Gasteiger partial charge is 0.306 e. The van der Waals surface area contributed by atoms with Crippen molar-refractivity contribution < 1.29 is 13.9 Å². The molecule has 5 nitrogen and oxygen atoms in total. The van der Waals surface area contributed by atoms with Crippen LogP contribution in [0.3, 0.4) is 0 Å². The third-order valence-corrected chi connectivity index (χ3v) is 4.70. The second kappa shape index (κ2) is 8.22.